The number of hydrogen-bond acceptors (Lipinski definition) is 5. The molecule has 2 heterocycles. The number of pyridine rings is 1. The van der Waals surface area contributed by atoms with Gasteiger partial charge in [0.2, 0.25) is 0 Å². The third kappa shape index (κ3) is 3.30. The highest BCUT2D eigenvalue weighted by atomic mass is 32.1. The lowest BCUT2D eigenvalue weighted by molar-refractivity contribution is 0.0480. The van der Waals surface area contributed by atoms with Crippen molar-refractivity contribution in [3.8, 4) is 5.75 Å². The van der Waals surface area contributed by atoms with Crippen molar-refractivity contribution in [2.45, 2.75) is 6.61 Å². The second-order valence-electron chi connectivity index (χ2n) is 6.77. The zero-order valence-corrected chi connectivity index (χ0v) is 16.5. The smallest absolute Gasteiger partial charge is 0.348 e. The van der Waals surface area contributed by atoms with E-state index in [0.29, 0.717) is 4.88 Å². The number of fused-ring (bicyclic) bond motifs is 3. The molecule has 0 aliphatic rings. The highest BCUT2D eigenvalue weighted by molar-refractivity contribution is 7.20. The SMILES string of the molecule is COc1ccc2cc3cc(C(=O)OCc4cccc5ccccc45)sc3nc2c1. The number of thiophene rings is 1. The van der Waals surface area contributed by atoms with E-state index in [2.05, 4.69) is 17.1 Å². The van der Waals surface area contributed by atoms with Crippen LogP contribution in [0.25, 0.3) is 31.9 Å². The van der Waals surface area contributed by atoms with Gasteiger partial charge in [0.25, 0.3) is 0 Å². The van der Waals surface area contributed by atoms with Gasteiger partial charge >= 0.3 is 5.97 Å². The highest BCUT2D eigenvalue weighted by Gasteiger charge is 2.14. The topological polar surface area (TPSA) is 48.4 Å². The van der Waals surface area contributed by atoms with E-state index in [1.54, 1.807) is 7.11 Å². The maximum atomic E-state index is 12.7. The fraction of sp³-hybridized carbons (Fsp3) is 0.0833. The predicted octanol–water partition coefficient (Wildman–Crippen LogP) is 5.97. The Morgan fingerprint density at radius 1 is 0.931 bits per heavy atom. The molecule has 5 aromatic rings. The van der Waals surface area contributed by atoms with Gasteiger partial charge in [0.1, 0.15) is 22.1 Å². The molecule has 0 fully saturated rings. The number of hydrogen-bond donors (Lipinski definition) is 0. The standard InChI is InChI=1S/C24H17NO3S/c1-27-19-10-9-16-11-18-12-22(29-23(18)25-21(16)13-19)24(26)28-14-17-7-4-6-15-5-2-3-8-20(15)17/h2-13H,14H2,1H3. The molecule has 2 aromatic heterocycles. The van der Waals surface area contributed by atoms with E-state index >= 15 is 0 Å². The van der Waals surface area contributed by atoms with Crippen LogP contribution in [0.15, 0.2) is 72.8 Å². The number of esters is 1. The van der Waals surface area contributed by atoms with Crippen LogP contribution in [0.3, 0.4) is 0 Å². The number of ether oxygens (including phenoxy) is 2. The van der Waals surface area contributed by atoms with Crippen molar-refractivity contribution in [2.24, 2.45) is 0 Å². The number of carbonyl (C=O) groups is 1. The normalized spacial score (nSPS) is 11.2. The quantitative estimate of drug-likeness (QED) is 0.349. The Balaban J connectivity index is 1.42. The van der Waals surface area contributed by atoms with Crippen LogP contribution in [0.5, 0.6) is 5.75 Å². The van der Waals surface area contributed by atoms with Gasteiger partial charge in [-0.2, -0.15) is 0 Å². The van der Waals surface area contributed by atoms with Crippen LogP contribution in [0.1, 0.15) is 15.2 Å². The molecule has 4 nitrogen and oxygen atoms in total. The second kappa shape index (κ2) is 7.18. The Hall–Kier alpha value is -3.44. The number of aromatic nitrogens is 1. The molecule has 0 saturated heterocycles. The van der Waals surface area contributed by atoms with Crippen LogP contribution in [-0.2, 0) is 11.3 Å². The third-order valence-corrected chi connectivity index (χ3v) is 5.98. The minimum atomic E-state index is -0.331. The molecule has 0 aliphatic carbocycles. The Labute approximate surface area is 171 Å². The molecular weight excluding hydrogens is 382 g/mol. The lowest BCUT2D eigenvalue weighted by Gasteiger charge is -2.07. The molecule has 0 aliphatic heterocycles. The number of methoxy groups -OCH3 is 1. The molecule has 29 heavy (non-hydrogen) atoms. The molecule has 0 unspecified atom stereocenters. The fourth-order valence-corrected chi connectivity index (χ4v) is 4.38. The van der Waals surface area contributed by atoms with Gasteiger partial charge in [-0.05, 0) is 40.6 Å². The summed E-state index contributed by atoms with van der Waals surface area (Å²) in [6.07, 6.45) is 0. The van der Waals surface area contributed by atoms with Gasteiger partial charge in [-0.15, -0.1) is 11.3 Å². The van der Waals surface area contributed by atoms with Crippen LogP contribution in [0.4, 0.5) is 0 Å². The largest absolute Gasteiger partial charge is 0.497 e. The first-order valence-electron chi connectivity index (χ1n) is 9.23. The molecule has 5 heteroatoms. The van der Waals surface area contributed by atoms with Crippen molar-refractivity contribution in [1.82, 2.24) is 4.98 Å². The Morgan fingerprint density at radius 2 is 1.79 bits per heavy atom. The number of rotatable bonds is 4. The van der Waals surface area contributed by atoms with Crippen molar-refractivity contribution in [3.63, 3.8) is 0 Å². The van der Waals surface area contributed by atoms with Crippen molar-refractivity contribution in [1.29, 1.82) is 0 Å². The summed E-state index contributed by atoms with van der Waals surface area (Å²) in [6.45, 7) is 0.237. The highest BCUT2D eigenvalue weighted by Crippen LogP contribution is 2.30. The van der Waals surface area contributed by atoms with E-state index in [0.717, 1.165) is 43.2 Å². The van der Waals surface area contributed by atoms with Crippen molar-refractivity contribution < 1.29 is 14.3 Å². The number of nitrogens with zero attached hydrogens (tertiary/aromatic N) is 1. The van der Waals surface area contributed by atoms with E-state index in [4.69, 9.17) is 9.47 Å². The molecule has 0 radical (unpaired) electrons. The van der Waals surface area contributed by atoms with E-state index in [9.17, 15) is 4.79 Å². The average molecular weight is 399 g/mol. The Morgan fingerprint density at radius 3 is 2.69 bits per heavy atom. The van der Waals surface area contributed by atoms with Gasteiger partial charge in [-0.1, -0.05) is 42.5 Å². The van der Waals surface area contributed by atoms with E-state index < -0.39 is 0 Å². The van der Waals surface area contributed by atoms with Crippen molar-refractivity contribution in [3.05, 3.63) is 83.2 Å². The van der Waals surface area contributed by atoms with Crippen LogP contribution in [0.2, 0.25) is 0 Å². The van der Waals surface area contributed by atoms with Gasteiger partial charge in [-0.3, -0.25) is 0 Å². The fourth-order valence-electron chi connectivity index (χ4n) is 3.47. The summed E-state index contributed by atoms with van der Waals surface area (Å²) in [4.78, 5) is 18.7. The zero-order valence-electron chi connectivity index (χ0n) is 15.7. The molecule has 0 spiro atoms. The number of benzene rings is 3. The molecule has 5 rings (SSSR count). The van der Waals surface area contributed by atoms with Gasteiger partial charge in [-0.25, -0.2) is 9.78 Å². The van der Waals surface area contributed by atoms with Gasteiger partial charge in [0, 0.05) is 16.8 Å². The maximum Gasteiger partial charge on any atom is 0.348 e. The molecule has 0 atom stereocenters. The molecule has 0 amide bonds. The summed E-state index contributed by atoms with van der Waals surface area (Å²) in [5.74, 6) is 0.429. The molecule has 0 bridgehead atoms. The van der Waals surface area contributed by atoms with E-state index in [1.807, 2.05) is 60.7 Å². The summed E-state index contributed by atoms with van der Waals surface area (Å²) >= 11 is 1.35. The summed E-state index contributed by atoms with van der Waals surface area (Å²) in [7, 11) is 1.63. The summed E-state index contributed by atoms with van der Waals surface area (Å²) in [5, 5.41) is 4.17. The van der Waals surface area contributed by atoms with Crippen LogP contribution >= 0.6 is 11.3 Å². The van der Waals surface area contributed by atoms with Crippen molar-refractivity contribution >= 4 is 49.2 Å². The zero-order chi connectivity index (χ0) is 19.8. The summed E-state index contributed by atoms with van der Waals surface area (Å²) < 4.78 is 10.9. The first kappa shape index (κ1) is 17.6. The average Bonchev–Trinajstić information content (AvgIpc) is 3.18. The van der Waals surface area contributed by atoms with Gasteiger partial charge in [0.15, 0.2) is 0 Å². The minimum absolute atomic E-state index is 0.237. The van der Waals surface area contributed by atoms with Crippen LogP contribution in [0, 0.1) is 0 Å². The minimum Gasteiger partial charge on any atom is -0.497 e. The third-order valence-electron chi connectivity index (χ3n) is 4.95. The lowest BCUT2D eigenvalue weighted by atomic mass is 10.1. The maximum absolute atomic E-state index is 12.7. The summed E-state index contributed by atoms with van der Waals surface area (Å²) in [5.41, 5.74) is 1.84. The van der Waals surface area contributed by atoms with Crippen molar-refractivity contribution in [2.75, 3.05) is 7.11 Å². The lowest BCUT2D eigenvalue weighted by Crippen LogP contribution is -2.03. The van der Waals surface area contributed by atoms with E-state index in [1.165, 1.54) is 11.3 Å². The van der Waals surface area contributed by atoms with Gasteiger partial charge < -0.3 is 9.47 Å². The van der Waals surface area contributed by atoms with E-state index in [-0.39, 0.29) is 12.6 Å². The summed E-state index contributed by atoms with van der Waals surface area (Å²) in [6, 6.07) is 23.8. The molecule has 142 valence electrons. The van der Waals surface area contributed by atoms with Gasteiger partial charge in [0.05, 0.1) is 12.6 Å². The monoisotopic (exact) mass is 399 g/mol. The van der Waals surface area contributed by atoms with Crippen LogP contribution in [-0.4, -0.2) is 18.1 Å². The Bertz CT molecular complexity index is 1370. The number of carbonyl (C=O) groups excluding carboxylic acids is 1. The molecule has 0 saturated carbocycles. The predicted molar refractivity (Wildman–Crippen MR) is 117 cm³/mol. The first-order chi connectivity index (χ1) is 14.2. The molecule has 3 aromatic carbocycles. The second-order valence-corrected chi connectivity index (χ2v) is 7.80. The molecule has 0 N–H and O–H groups in total. The molecular formula is C24H17NO3S. The first-order valence-corrected chi connectivity index (χ1v) is 10.0. The Kier molecular flexibility index (Phi) is 4.37. The van der Waals surface area contributed by atoms with Crippen LogP contribution < -0.4 is 4.74 Å².